The maximum Gasteiger partial charge on any atom is 0.417 e. The van der Waals surface area contributed by atoms with Crippen LogP contribution >= 0.6 is 23.2 Å². The number of hydrogen-bond acceptors (Lipinski definition) is 14. The van der Waals surface area contributed by atoms with E-state index in [1.54, 1.807) is 13.8 Å². The molecule has 3 N–H and O–H groups in total. The summed E-state index contributed by atoms with van der Waals surface area (Å²) in [6.07, 6.45) is -2.76. The summed E-state index contributed by atoms with van der Waals surface area (Å²) in [5.74, 6) is -0.651. The molecule has 0 saturated heterocycles. The van der Waals surface area contributed by atoms with Crippen LogP contribution in [0.25, 0.3) is 22.1 Å². The molecule has 28 heteroatoms. The lowest BCUT2D eigenvalue weighted by Crippen LogP contribution is -2.34. The van der Waals surface area contributed by atoms with E-state index in [4.69, 9.17) is 32.7 Å². The van der Waals surface area contributed by atoms with Crippen molar-refractivity contribution in [3.8, 4) is 0 Å². The molecule has 6 aromatic heterocycles. The normalized spacial score (nSPS) is 12.7. The molecule has 0 aliphatic carbocycles. The van der Waals surface area contributed by atoms with Crippen molar-refractivity contribution in [2.75, 3.05) is 36.3 Å². The van der Waals surface area contributed by atoms with Crippen LogP contribution in [0, 0.1) is 13.8 Å². The number of nitrogens with zero attached hydrogens (tertiary/aromatic N) is 8. The van der Waals surface area contributed by atoms with Gasteiger partial charge in [0.1, 0.15) is 25.3 Å². The van der Waals surface area contributed by atoms with E-state index in [9.17, 15) is 53.1 Å². The highest BCUT2D eigenvalue weighted by atomic mass is 35.5. The van der Waals surface area contributed by atoms with E-state index in [1.165, 1.54) is 75.7 Å². The molecule has 0 amide bonds. The molecule has 1 atom stereocenters. The number of aryl methyl sites for hydroxylation is 2. The van der Waals surface area contributed by atoms with Crippen LogP contribution in [0.4, 0.5) is 37.7 Å². The molecule has 2 aromatic carbocycles. The number of nitrogens with one attached hydrogen (secondary N) is 2. The molecule has 18 nitrogen and oxygen atoms in total. The molecule has 1 unspecified atom stereocenters. The number of fused-ring (bicyclic) bond motifs is 2. The van der Waals surface area contributed by atoms with Crippen LogP contribution in [0.15, 0.2) is 108 Å². The fourth-order valence-corrected chi connectivity index (χ4v) is 10.4. The molecule has 0 radical (unpaired) electrons. The van der Waals surface area contributed by atoms with Crippen molar-refractivity contribution in [1.29, 1.82) is 0 Å². The monoisotopic (exact) mass is 1080 g/mol. The highest BCUT2D eigenvalue weighted by Gasteiger charge is 2.39. The Labute approximate surface area is 414 Å². The van der Waals surface area contributed by atoms with Gasteiger partial charge >= 0.3 is 12.4 Å². The topological polar surface area (TPSA) is 239 Å². The molecule has 0 bridgehead atoms. The van der Waals surface area contributed by atoms with Crippen molar-refractivity contribution < 1.29 is 62.6 Å². The highest BCUT2D eigenvalue weighted by molar-refractivity contribution is 7.93. The Morgan fingerprint density at radius 3 is 1.67 bits per heavy atom. The fraction of sp³-hybridized carbons (Fsp3) is 0.205. The Morgan fingerprint density at radius 2 is 1.14 bits per heavy atom. The van der Waals surface area contributed by atoms with Gasteiger partial charge in [-0.15, -0.1) is 0 Å². The Bertz CT molecular complexity index is 3570. The van der Waals surface area contributed by atoms with Crippen LogP contribution in [0.5, 0.6) is 0 Å². The van der Waals surface area contributed by atoms with Gasteiger partial charge in [-0.05, 0) is 85.6 Å². The first kappa shape index (κ1) is 53.0. The largest absolute Gasteiger partial charge is 0.417 e. The van der Waals surface area contributed by atoms with Crippen molar-refractivity contribution in [2.45, 2.75) is 42.1 Å². The number of alkyl halides is 6. The van der Waals surface area contributed by atoms with Gasteiger partial charge in [-0.1, -0.05) is 23.2 Å². The summed E-state index contributed by atoms with van der Waals surface area (Å²) < 4.78 is 146. The van der Waals surface area contributed by atoms with Gasteiger partial charge in [0.15, 0.2) is 11.3 Å². The number of methoxy groups -OCH3 is 2. The number of anilines is 2. The first-order chi connectivity index (χ1) is 33.9. The van der Waals surface area contributed by atoms with E-state index >= 15 is 0 Å². The number of aliphatic hydroxyl groups excluding tert-OH is 1. The quantitative estimate of drug-likeness (QED) is 0.0525. The van der Waals surface area contributed by atoms with Gasteiger partial charge in [0.05, 0.1) is 60.4 Å². The summed E-state index contributed by atoms with van der Waals surface area (Å²) in [5.41, 5.74) is -0.983. The Kier molecular flexibility index (Phi) is 15.3. The second kappa shape index (κ2) is 20.7. The number of halogens is 8. The number of rotatable bonds is 14. The maximum absolute atomic E-state index is 13.6. The summed E-state index contributed by atoms with van der Waals surface area (Å²) in [6, 6.07) is 10.3. The van der Waals surface area contributed by atoms with Gasteiger partial charge in [0.2, 0.25) is 5.78 Å². The number of sulfonamides is 2. The fourth-order valence-electron chi connectivity index (χ4n) is 7.12. The molecule has 72 heavy (non-hydrogen) atoms. The third-order valence-corrected chi connectivity index (χ3v) is 14.6. The number of aliphatic hydroxyl groups is 1. The zero-order chi connectivity index (χ0) is 52.5. The van der Waals surface area contributed by atoms with Crippen LogP contribution in [-0.2, 0) is 41.9 Å². The number of pyridine rings is 4. The summed E-state index contributed by atoms with van der Waals surface area (Å²) >= 11 is 11.3. The number of ether oxygens (including phenoxy) is 2. The van der Waals surface area contributed by atoms with Crippen LogP contribution in [0.2, 0.25) is 10.0 Å². The van der Waals surface area contributed by atoms with Gasteiger partial charge < -0.3 is 14.6 Å². The zero-order valence-electron chi connectivity index (χ0n) is 37.5. The Morgan fingerprint density at radius 1 is 0.667 bits per heavy atom. The van der Waals surface area contributed by atoms with Crippen LogP contribution in [0.1, 0.15) is 55.7 Å². The number of H-pyrrole nitrogens is 2. The van der Waals surface area contributed by atoms with E-state index in [-0.39, 0.29) is 28.3 Å². The number of ketones is 1. The van der Waals surface area contributed by atoms with E-state index < -0.39 is 88.7 Å². The summed E-state index contributed by atoms with van der Waals surface area (Å²) in [6.45, 7) is 2.08. The van der Waals surface area contributed by atoms with Crippen molar-refractivity contribution in [3.05, 3.63) is 153 Å². The van der Waals surface area contributed by atoms with Crippen molar-refractivity contribution in [2.24, 2.45) is 0 Å². The summed E-state index contributed by atoms with van der Waals surface area (Å²) in [7, 11) is -6.88. The lowest BCUT2D eigenvalue weighted by Gasteiger charge is -2.27. The average molecular weight is 1080 g/mol. The number of aromatic nitrogens is 8. The minimum Gasteiger partial charge on any atom is -0.382 e. The zero-order valence-corrected chi connectivity index (χ0v) is 40.6. The second-order valence-electron chi connectivity index (χ2n) is 15.4. The highest BCUT2D eigenvalue weighted by Crippen LogP contribution is 2.40. The first-order valence-electron chi connectivity index (χ1n) is 20.4. The molecule has 0 fully saturated rings. The van der Waals surface area contributed by atoms with Crippen LogP contribution < -0.4 is 8.61 Å². The molecule has 378 valence electrons. The standard InChI is InChI=1S/C22H19ClF3N5O4S.C22H17ClF3N5O4S/c2*1-12-7-18(19(28-9-12)20(32)14-5-6-27-21-15(14)10-29-30-21)31(11-35-2)36(33,34)13-3-4-17(23)16(8-13)22(24,25)26/h3-10,20,32H,11H2,1-2H3,(H,27,29,30);3-10H,11H2,1-2H3,(H,27,29,30). The Balaban J connectivity index is 0.000000211. The minimum absolute atomic E-state index is 0.0695. The number of carbonyl (C=O) groups excluding carboxylic acids is 1. The third-order valence-electron chi connectivity index (χ3n) is 10.5. The van der Waals surface area contributed by atoms with E-state index in [2.05, 4.69) is 40.3 Å². The van der Waals surface area contributed by atoms with Crippen LogP contribution in [0.3, 0.4) is 0 Å². The van der Waals surface area contributed by atoms with E-state index in [0.29, 0.717) is 55.2 Å². The molecule has 8 rings (SSSR count). The van der Waals surface area contributed by atoms with Gasteiger partial charge in [-0.25, -0.2) is 35.4 Å². The van der Waals surface area contributed by atoms with Gasteiger partial charge in [-0.3, -0.25) is 25.0 Å². The number of aromatic amines is 2. The number of hydrogen-bond donors (Lipinski definition) is 3. The maximum atomic E-state index is 13.6. The molecular weight excluding hydrogens is 1050 g/mol. The van der Waals surface area contributed by atoms with Gasteiger partial charge in [0.25, 0.3) is 20.0 Å². The van der Waals surface area contributed by atoms with E-state index in [0.717, 1.165) is 28.6 Å². The number of carbonyl (C=O) groups is 1. The second-order valence-corrected chi connectivity index (χ2v) is 19.9. The molecule has 8 aromatic rings. The van der Waals surface area contributed by atoms with Crippen LogP contribution in [-0.4, -0.2) is 95.7 Å². The van der Waals surface area contributed by atoms with Crippen molar-refractivity contribution in [3.63, 3.8) is 0 Å². The lowest BCUT2D eigenvalue weighted by molar-refractivity contribution is -0.138. The SMILES string of the molecule is COCN(c1cc(C)cnc1C(=O)c1ccnc2[nH]ncc12)S(=O)(=O)c1ccc(Cl)c(C(F)(F)F)c1.COCN(c1cc(C)cnc1C(O)c1ccnc2[nH]ncc12)S(=O)(=O)c1ccc(Cl)c(C(F)(F)F)c1. The summed E-state index contributed by atoms with van der Waals surface area (Å²) in [4.78, 5) is 28.8. The predicted molar refractivity (Wildman–Crippen MR) is 249 cm³/mol. The Hall–Kier alpha value is -6.81. The summed E-state index contributed by atoms with van der Waals surface area (Å²) in [5, 5.41) is 23.9. The first-order valence-corrected chi connectivity index (χ1v) is 24.0. The molecule has 0 spiro atoms. The molecule has 6 heterocycles. The van der Waals surface area contributed by atoms with Gasteiger partial charge in [-0.2, -0.15) is 36.5 Å². The van der Waals surface area contributed by atoms with Gasteiger partial charge in [0, 0.05) is 60.9 Å². The van der Waals surface area contributed by atoms with Crippen molar-refractivity contribution in [1.82, 2.24) is 40.3 Å². The number of benzene rings is 2. The third kappa shape index (κ3) is 10.7. The average Bonchev–Trinajstić information content (AvgIpc) is 4.02. The van der Waals surface area contributed by atoms with Crippen molar-refractivity contribution >= 4 is 82.5 Å². The molecular formula is C44H36Cl2F6N10O8S2. The smallest absolute Gasteiger partial charge is 0.382 e. The molecule has 0 aliphatic heterocycles. The minimum atomic E-state index is -4.89. The lowest BCUT2D eigenvalue weighted by atomic mass is 10.0. The van der Waals surface area contributed by atoms with E-state index in [1.807, 2.05) is 0 Å². The predicted octanol–water partition coefficient (Wildman–Crippen LogP) is 8.58. The molecule has 0 aliphatic rings. The molecule has 0 saturated carbocycles.